The summed E-state index contributed by atoms with van der Waals surface area (Å²) < 4.78 is 0. The molecule has 0 N–H and O–H groups in total. The van der Waals surface area contributed by atoms with Crippen molar-refractivity contribution in [3.05, 3.63) is 351 Å². The lowest BCUT2D eigenvalue weighted by molar-refractivity contribution is 0.660. The highest BCUT2D eigenvalue weighted by molar-refractivity contribution is 6.01. The molecule has 15 rings (SSSR count). The second-order valence-corrected chi connectivity index (χ2v) is 22.9. The number of nitrogens with zero attached hydrogens (tertiary/aromatic N) is 4. The first-order valence-electron chi connectivity index (χ1n) is 30.0. The Labute approximate surface area is 510 Å². The molecular weight excluding hydrogens is 1050 g/mol. The molecule has 1 aliphatic rings. The molecule has 0 unspecified atom stereocenters. The summed E-state index contributed by atoms with van der Waals surface area (Å²) in [6, 6.07) is 123. The maximum atomic E-state index is 2.40. The lowest BCUT2D eigenvalue weighted by Crippen LogP contribution is -2.16. The minimum absolute atomic E-state index is 0.119. The van der Waals surface area contributed by atoms with Gasteiger partial charge in [-0.15, -0.1) is 0 Å². The van der Waals surface area contributed by atoms with Crippen LogP contribution < -0.4 is 19.6 Å². The normalized spacial score (nSPS) is 12.1. The number of hydrogen-bond acceptors (Lipinski definition) is 4. The fourth-order valence-electron chi connectivity index (χ4n) is 13.1. The molecule has 0 amide bonds. The van der Waals surface area contributed by atoms with Gasteiger partial charge in [-0.1, -0.05) is 220 Å². The molecule has 0 bridgehead atoms. The van der Waals surface area contributed by atoms with E-state index in [0.717, 1.165) is 90.5 Å². The fourth-order valence-corrected chi connectivity index (χ4v) is 13.1. The van der Waals surface area contributed by atoms with Crippen molar-refractivity contribution in [3.63, 3.8) is 0 Å². The highest BCUT2D eigenvalue weighted by Gasteiger charge is 2.36. The second kappa shape index (κ2) is 22.4. The maximum absolute atomic E-state index is 2.40. The van der Waals surface area contributed by atoms with Gasteiger partial charge < -0.3 is 19.6 Å². The first-order chi connectivity index (χ1) is 42.9. The van der Waals surface area contributed by atoms with Gasteiger partial charge in [0.1, 0.15) is 0 Å². The van der Waals surface area contributed by atoms with Crippen molar-refractivity contribution in [2.45, 2.75) is 19.3 Å². The van der Waals surface area contributed by atoms with Crippen LogP contribution in [0.3, 0.4) is 0 Å². The molecule has 4 nitrogen and oxygen atoms in total. The van der Waals surface area contributed by atoms with Crippen molar-refractivity contribution >= 4 is 89.8 Å². The minimum Gasteiger partial charge on any atom is -0.311 e. The predicted molar refractivity (Wildman–Crippen MR) is 369 cm³/mol. The summed E-state index contributed by atoms with van der Waals surface area (Å²) in [6.45, 7) is 4.70. The van der Waals surface area contributed by atoms with Crippen LogP contribution in [0.4, 0.5) is 68.2 Å². The van der Waals surface area contributed by atoms with E-state index in [1.165, 1.54) is 43.8 Å². The van der Waals surface area contributed by atoms with Crippen LogP contribution in [0.25, 0.3) is 54.9 Å². The average molecular weight is 1120 g/mol. The number of anilines is 12. The zero-order valence-electron chi connectivity index (χ0n) is 48.6. The zero-order chi connectivity index (χ0) is 58.3. The first kappa shape index (κ1) is 52.6. The summed E-state index contributed by atoms with van der Waals surface area (Å²) in [5.41, 5.74) is 23.0. The number of fused-ring (bicyclic) bond motifs is 5. The summed E-state index contributed by atoms with van der Waals surface area (Å²) >= 11 is 0. The van der Waals surface area contributed by atoms with E-state index in [9.17, 15) is 0 Å². The van der Waals surface area contributed by atoms with Crippen molar-refractivity contribution in [1.29, 1.82) is 0 Å². The number of benzene rings is 14. The molecule has 0 saturated carbocycles. The summed E-state index contributed by atoms with van der Waals surface area (Å²) in [5.74, 6) is 0. The Morgan fingerprint density at radius 3 is 0.908 bits per heavy atom. The Hall–Kier alpha value is -11.2. The van der Waals surface area contributed by atoms with E-state index in [2.05, 4.69) is 373 Å². The van der Waals surface area contributed by atoms with E-state index in [1.807, 2.05) is 0 Å². The lowest BCUT2D eigenvalue weighted by Gasteiger charge is -2.30. The van der Waals surface area contributed by atoms with Gasteiger partial charge in [0.25, 0.3) is 0 Å². The monoisotopic (exact) mass is 1110 g/mol. The zero-order valence-corrected chi connectivity index (χ0v) is 48.6. The molecule has 1 aliphatic carbocycles. The van der Waals surface area contributed by atoms with Crippen LogP contribution in [0.15, 0.2) is 340 Å². The Balaban J connectivity index is 0.744. The molecular formula is C83H62N4. The van der Waals surface area contributed by atoms with Crippen LogP contribution in [-0.4, -0.2) is 0 Å². The quantitative estimate of drug-likeness (QED) is 0.108. The van der Waals surface area contributed by atoms with E-state index >= 15 is 0 Å². The van der Waals surface area contributed by atoms with Gasteiger partial charge in [0.05, 0.1) is 11.4 Å². The third kappa shape index (κ3) is 9.83. The molecule has 0 radical (unpaired) electrons. The smallest absolute Gasteiger partial charge is 0.0540 e. The maximum Gasteiger partial charge on any atom is 0.0540 e. The van der Waals surface area contributed by atoms with Gasteiger partial charge in [0.2, 0.25) is 0 Å². The summed E-state index contributed by atoms with van der Waals surface area (Å²) in [6.07, 6.45) is 0. The van der Waals surface area contributed by atoms with Crippen LogP contribution in [-0.2, 0) is 5.41 Å². The highest BCUT2D eigenvalue weighted by atomic mass is 15.2. The Morgan fingerprint density at radius 1 is 0.207 bits per heavy atom. The summed E-state index contributed by atoms with van der Waals surface area (Å²) in [4.78, 5) is 9.47. The highest BCUT2D eigenvalue weighted by Crippen LogP contribution is 2.51. The number of rotatable bonds is 14. The molecule has 14 aromatic carbocycles. The summed E-state index contributed by atoms with van der Waals surface area (Å²) in [7, 11) is 0. The molecule has 0 aliphatic heterocycles. The third-order valence-electron chi connectivity index (χ3n) is 17.4. The van der Waals surface area contributed by atoms with E-state index in [4.69, 9.17) is 0 Å². The molecule has 14 aromatic rings. The molecule has 0 fully saturated rings. The van der Waals surface area contributed by atoms with Gasteiger partial charge >= 0.3 is 0 Å². The number of para-hydroxylation sites is 3. The predicted octanol–water partition coefficient (Wildman–Crippen LogP) is 23.5. The topological polar surface area (TPSA) is 13.0 Å². The van der Waals surface area contributed by atoms with Crippen molar-refractivity contribution in [1.82, 2.24) is 0 Å². The van der Waals surface area contributed by atoms with Gasteiger partial charge in [-0.2, -0.15) is 0 Å². The largest absolute Gasteiger partial charge is 0.311 e. The van der Waals surface area contributed by atoms with E-state index in [-0.39, 0.29) is 5.41 Å². The van der Waals surface area contributed by atoms with Crippen LogP contribution in [0.5, 0.6) is 0 Å². The van der Waals surface area contributed by atoms with Crippen LogP contribution in [0.2, 0.25) is 0 Å². The van der Waals surface area contributed by atoms with Crippen molar-refractivity contribution < 1.29 is 0 Å². The fraction of sp³-hybridized carbons (Fsp3) is 0.0361. The Bertz CT molecular complexity index is 4690. The van der Waals surface area contributed by atoms with Gasteiger partial charge in [0, 0.05) is 73.1 Å². The van der Waals surface area contributed by atoms with Crippen LogP contribution in [0.1, 0.15) is 25.0 Å². The third-order valence-corrected chi connectivity index (χ3v) is 17.4. The standard InChI is InChI=1S/C83H62N4/c1-83(2)79-33-17-16-32-77(79)78-57-56-74(58-80(78)83)85(67-28-10-5-11-29-67)69-52-54-73(55-53-69)87(82-35-19-23-64-21-13-15-31-76(64)82)72-50-42-62(43-51-72)61-40-48-71(49-41-61)86(81-34-18-22-63-20-12-14-30-75(63)81)70-46-38-60(39-47-70)59-36-44-68(45-37-59)84(65-24-6-3-7-25-65)66-26-8-4-9-27-66/h3-58H,1-2H3. The number of hydrogen-bond donors (Lipinski definition) is 0. The van der Waals surface area contributed by atoms with Gasteiger partial charge in [-0.05, 0) is 189 Å². The molecule has 414 valence electrons. The van der Waals surface area contributed by atoms with Crippen LogP contribution in [0, 0.1) is 0 Å². The van der Waals surface area contributed by atoms with E-state index < -0.39 is 0 Å². The SMILES string of the molecule is CC1(C)c2ccccc2-c2ccc(N(c3ccccc3)c3ccc(N(c4ccc(-c5ccc(N(c6ccc(-c7ccc(N(c8ccccc8)c8ccccc8)cc7)cc6)c6cccc7ccccc67)cc5)cc4)c4cccc5ccccc45)cc3)cc21. The van der Waals surface area contributed by atoms with E-state index in [1.54, 1.807) is 0 Å². The van der Waals surface area contributed by atoms with E-state index in [0.29, 0.717) is 0 Å². The van der Waals surface area contributed by atoms with Gasteiger partial charge in [-0.3, -0.25) is 0 Å². The van der Waals surface area contributed by atoms with Gasteiger partial charge in [0.15, 0.2) is 0 Å². The molecule has 0 saturated heterocycles. The Kier molecular flexibility index (Phi) is 13.6. The molecule has 87 heavy (non-hydrogen) atoms. The van der Waals surface area contributed by atoms with Crippen LogP contribution >= 0.6 is 0 Å². The molecule has 4 heteroatoms. The minimum atomic E-state index is -0.119. The van der Waals surface area contributed by atoms with Crippen molar-refractivity contribution in [2.24, 2.45) is 0 Å². The van der Waals surface area contributed by atoms with Crippen molar-refractivity contribution in [3.8, 4) is 33.4 Å². The first-order valence-corrected chi connectivity index (χ1v) is 30.0. The lowest BCUT2D eigenvalue weighted by atomic mass is 9.82. The Morgan fingerprint density at radius 2 is 0.494 bits per heavy atom. The molecule has 0 aromatic heterocycles. The average Bonchev–Trinajstić information content (AvgIpc) is 1.74. The molecule has 0 spiro atoms. The second-order valence-electron chi connectivity index (χ2n) is 22.9. The molecule has 0 atom stereocenters. The molecule has 0 heterocycles. The van der Waals surface area contributed by atoms with Crippen molar-refractivity contribution in [2.75, 3.05) is 19.6 Å². The summed E-state index contributed by atoms with van der Waals surface area (Å²) in [5, 5.41) is 4.77. The van der Waals surface area contributed by atoms with Gasteiger partial charge in [-0.25, -0.2) is 0 Å².